The van der Waals surface area contributed by atoms with E-state index in [-0.39, 0.29) is 5.91 Å². The molecule has 130 valence electrons. The van der Waals surface area contributed by atoms with Gasteiger partial charge < -0.3 is 10.2 Å². The SMILES string of the molecule is CN(C)C1CC=C(c2cccc(NC(=O)c3ccccc3Br)n2)CC1. The molecule has 0 bridgehead atoms. The Morgan fingerprint density at radius 2 is 2.00 bits per heavy atom. The lowest BCUT2D eigenvalue weighted by Gasteiger charge is -2.27. The van der Waals surface area contributed by atoms with Crippen LogP contribution in [0.15, 0.2) is 53.0 Å². The molecule has 1 atom stereocenters. The lowest BCUT2D eigenvalue weighted by Crippen LogP contribution is -2.29. The highest BCUT2D eigenvalue weighted by atomic mass is 79.9. The molecule has 0 radical (unpaired) electrons. The first kappa shape index (κ1) is 17.8. The van der Waals surface area contributed by atoms with Crippen molar-refractivity contribution in [3.63, 3.8) is 0 Å². The highest BCUT2D eigenvalue weighted by Gasteiger charge is 2.18. The minimum atomic E-state index is -0.164. The fourth-order valence-corrected chi connectivity index (χ4v) is 3.50. The number of amides is 1. The Hall–Kier alpha value is -1.98. The maximum Gasteiger partial charge on any atom is 0.257 e. The lowest BCUT2D eigenvalue weighted by atomic mass is 9.92. The van der Waals surface area contributed by atoms with Crippen LogP contribution in [0.25, 0.3) is 5.57 Å². The van der Waals surface area contributed by atoms with Crippen molar-refractivity contribution in [2.24, 2.45) is 0 Å². The van der Waals surface area contributed by atoms with Crippen molar-refractivity contribution in [1.82, 2.24) is 9.88 Å². The van der Waals surface area contributed by atoms with Crippen molar-refractivity contribution >= 4 is 33.2 Å². The molecule has 2 aromatic rings. The van der Waals surface area contributed by atoms with Crippen LogP contribution < -0.4 is 5.32 Å². The average molecular weight is 400 g/mol. The summed E-state index contributed by atoms with van der Waals surface area (Å²) < 4.78 is 0.772. The van der Waals surface area contributed by atoms with Crippen molar-refractivity contribution in [1.29, 1.82) is 0 Å². The predicted octanol–water partition coefficient (Wildman–Crippen LogP) is 4.59. The van der Waals surface area contributed by atoms with Crippen LogP contribution in [0, 0.1) is 0 Å². The van der Waals surface area contributed by atoms with Gasteiger partial charge >= 0.3 is 0 Å². The number of carbonyl (C=O) groups is 1. The molecule has 0 aliphatic heterocycles. The summed E-state index contributed by atoms with van der Waals surface area (Å²) in [7, 11) is 4.25. The van der Waals surface area contributed by atoms with Crippen LogP contribution >= 0.6 is 15.9 Å². The van der Waals surface area contributed by atoms with Crippen LogP contribution in [0.3, 0.4) is 0 Å². The van der Waals surface area contributed by atoms with Crippen LogP contribution in [0.4, 0.5) is 5.82 Å². The molecule has 1 aliphatic carbocycles. The normalized spacial score (nSPS) is 17.3. The molecule has 0 fully saturated rings. The Labute approximate surface area is 157 Å². The lowest BCUT2D eigenvalue weighted by molar-refractivity contribution is 0.102. The van der Waals surface area contributed by atoms with Gasteiger partial charge in [0.25, 0.3) is 5.91 Å². The summed E-state index contributed by atoms with van der Waals surface area (Å²) >= 11 is 3.41. The molecule has 0 saturated heterocycles. The zero-order valence-electron chi connectivity index (χ0n) is 14.5. The van der Waals surface area contributed by atoms with Crippen LogP contribution in [0.5, 0.6) is 0 Å². The number of benzene rings is 1. The predicted molar refractivity (Wildman–Crippen MR) is 106 cm³/mol. The van der Waals surface area contributed by atoms with Gasteiger partial charge in [0.05, 0.1) is 11.3 Å². The van der Waals surface area contributed by atoms with Crippen molar-refractivity contribution in [3.05, 3.63) is 64.3 Å². The third kappa shape index (κ3) is 4.35. The van der Waals surface area contributed by atoms with Gasteiger partial charge in [0.1, 0.15) is 5.82 Å². The number of halogens is 1. The van der Waals surface area contributed by atoms with E-state index in [0.717, 1.165) is 29.4 Å². The Bertz CT molecular complexity index is 801. The summed E-state index contributed by atoms with van der Waals surface area (Å²) in [5.41, 5.74) is 2.80. The number of rotatable bonds is 4. The number of hydrogen-bond donors (Lipinski definition) is 1. The summed E-state index contributed by atoms with van der Waals surface area (Å²) in [4.78, 5) is 19.3. The van der Waals surface area contributed by atoms with Crippen LogP contribution in [-0.2, 0) is 0 Å². The number of anilines is 1. The fourth-order valence-electron chi connectivity index (χ4n) is 3.03. The van der Waals surface area contributed by atoms with Gasteiger partial charge in [-0.3, -0.25) is 4.79 Å². The number of nitrogens with zero attached hydrogens (tertiary/aromatic N) is 2. The fraction of sp³-hybridized carbons (Fsp3) is 0.300. The Balaban J connectivity index is 1.74. The molecule has 1 N–H and O–H groups in total. The molecule has 1 amide bonds. The van der Waals surface area contributed by atoms with Gasteiger partial charge in [0.2, 0.25) is 0 Å². The van der Waals surface area contributed by atoms with E-state index in [1.807, 2.05) is 36.4 Å². The molecule has 0 spiro atoms. The molecule has 1 heterocycles. The largest absolute Gasteiger partial charge is 0.307 e. The summed E-state index contributed by atoms with van der Waals surface area (Å²) in [6.45, 7) is 0. The van der Waals surface area contributed by atoms with E-state index in [4.69, 9.17) is 0 Å². The Kier molecular flexibility index (Phi) is 5.66. The molecule has 3 rings (SSSR count). The first-order valence-electron chi connectivity index (χ1n) is 8.43. The van der Waals surface area contributed by atoms with E-state index in [0.29, 0.717) is 17.4 Å². The highest BCUT2D eigenvalue weighted by molar-refractivity contribution is 9.10. The van der Waals surface area contributed by atoms with E-state index in [1.54, 1.807) is 6.07 Å². The molecule has 4 nitrogen and oxygen atoms in total. The highest BCUT2D eigenvalue weighted by Crippen LogP contribution is 2.28. The van der Waals surface area contributed by atoms with Crippen molar-refractivity contribution in [2.45, 2.75) is 25.3 Å². The monoisotopic (exact) mass is 399 g/mol. The molecular formula is C20H22BrN3O. The van der Waals surface area contributed by atoms with E-state index in [1.165, 1.54) is 5.57 Å². The van der Waals surface area contributed by atoms with Gasteiger partial charge in [0.15, 0.2) is 0 Å². The van der Waals surface area contributed by atoms with Crippen LogP contribution in [0.1, 0.15) is 35.3 Å². The van der Waals surface area contributed by atoms with Gasteiger partial charge in [-0.15, -0.1) is 0 Å². The summed E-state index contributed by atoms with van der Waals surface area (Å²) in [6.07, 6.45) is 5.46. The Morgan fingerprint density at radius 3 is 2.68 bits per heavy atom. The summed E-state index contributed by atoms with van der Waals surface area (Å²) in [5.74, 6) is 0.413. The number of pyridine rings is 1. The number of aromatic nitrogens is 1. The molecule has 1 unspecified atom stereocenters. The van der Waals surface area contributed by atoms with E-state index < -0.39 is 0 Å². The third-order valence-corrected chi connectivity index (χ3v) is 5.24. The zero-order chi connectivity index (χ0) is 17.8. The van der Waals surface area contributed by atoms with E-state index >= 15 is 0 Å². The van der Waals surface area contributed by atoms with E-state index in [2.05, 4.69) is 51.3 Å². The second-order valence-electron chi connectivity index (χ2n) is 6.46. The van der Waals surface area contributed by atoms with Crippen molar-refractivity contribution in [3.8, 4) is 0 Å². The maximum atomic E-state index is 12.4. The molecule has 25 heavy (non-hydrogen) atoms. The van der Waals surface area contributed by atoms with Crippen LogP contribution in [0.2, 0.25) is 0 Å². The zero-order valence-corrected chi connectivity index (χ0v) is 16.1. The number of hydrogen-bond acceptors (Lipinski definition) is 3. The first-order valence-corrected chi connectivity index (χ1v) is 9.22. The quantitative estimate of drug-likeness (QED) is 0.816. The molecule has 1 aromatic carbocycles. The maximum absolute atomic E-state index is 12.4. The van der Waals surface area contributed by atoms with Gasteiger partial charge in [-0.05, 0) is 79.1 Å². The minimum Gasteiger partial charge on any atom is -0.307 e. The molecule has 1 aliphatic rings. The van der Waals surface area contributed by atoms with Gasteiger partial charge in [-0.1, -0.05) is 24.3 Å². The summed E-state index contributed by atoms with van der Waals surface area (Å²) in [5, 5.41) is 2.89. The molecular weight excluding hydrogens is 378 g/mol. The molecule has 0 saturated carbocycles. The topological polar surface area (TPSA) is 45.2 Å². The number of allylic oxidation sites excluding steroid dienone is 1. The van der Waals surface area contributed by atoms with Crippen molar-refractivity contribution in [2.75, 3.05) is 19.4 Å². The van der Waals surface area contributed by atoms with Gasteiger partial charge in [-0.25, -0.2) is 4.98 Å². The van der Waals surface area contributed by atoms with E-state index in [9.17, 15) is 4.79 Å². The second kappa shape index (κ2) is 7.93. The smallest absolute Gasteiger partial charge is 0.257 e. The molecule has 1 aromatic heterocycles. The van der Waals surface area contributed by atoms with Gasteiger partial charge in [-0.2, -0.15) is 0 Å². The van der Waals surface area contributed by atoms with Crippen molar-refractivity contribution < 1.29 is 4.79 Å². The number of carbonyl (C=O) groups excluding carboxylic acids is 1. The second-order valence-corrected chi connectivity index (χ2v) is 7.32. The minimum absolute atomic E-state index is 0.164. The first-order chi connectivity index (χ1) is 12.0. The Morgan fingerprint density at radius 1 is 1.20 bits per heavy atom. The van der Waals surface area contributed by atoms with Crippen LogP contribution in [-0.4, -0.2) is 35.9 Å². The number of nitrogens with one attached hydrogen (secondary N) is 1. The summed E-state index contributed by atoms with van der Waals surface area (Å²) in [6, 6.07) is 13.7. The molecule has 5 heteroatoms. The van der Waals surface area contributed by atoms with Gasteiger partial charge in [0, 0.05) is 10.5 Å². The average Bonchev–Trinajstić information content (AvgIpc) is 2.62. The standard InChI is InChI=1S/C20H22BrN3O/c1-24(2)15-12-10-14(11-13-15)18-8-5-9-19(22-18)23-20(25)16-6-3-4-7-17(16)21/h3-10,15H,11-13H2,1-2H3,(H,22,23,25). The third-order valence-electron chi connectivity index (χ3n) is 4.55.